The fraction of sp³-hybridized carbons (Fsp3) is 0.294. The van der Waals surface area contributed by atoms with Gasteiger partial charge in [-0.25, -0.2) is 0 Å². The first-order chi connectivity index (χ1) is 10.9. The molecule has 0 N–H and O–H groups in total. The molecular formula is C17H20NO4P. The first kappa shape index (κ1) is 17.4. The van der Waals surface area contributed by atoms with Crippen molar-refractivity contribution in [3.05, 3.63) is 76.3 Å². The minimum absolute atomic E-state index is 0.306. The molecule has 5 nitrogen and oxygen atoms in total. The van der Waals surface area contributed by atoms with Crippen LogP contribution in [-0.4, -0.2) is 17.6 Å². The van der Waals surface area contributed by atoms with Crippen molar-refractivity contribution in [2.24, 2.45) is 0 Å². The molecule has 0 saturated heterocycles. The molecule has 0 aromatic heterocycles. The van der Waals surface area contributed by atoms with Crippen LogP contribution in [0.4, 0.5) is 0 Å². The molecule has 0 amide bonds. The fourth-order valence-electron chi connectivity index (χ4n) is 2.49. The van der Waals surface area contributed by atoms with E-state index in [-0.39, 0.29) is 6.10 Å². The minimum Gasteiger partial charge on any atom is -0.322 e. The van der Waals surface area contributed by atoms with Crippen LogP contribution < -0.4 is 5.30 Å². The van der Waals surface area contributed by atoms with Crippen molar-refractivity contribution in [1.29, 1.82) is 0 Å². The van der Waals surface area contributed by atoms with Crippen LogP contribution >= 0.6 is 7.37 Å². The van der Waals surface area contributed by atoms with E-state index in [1.807, 2.05) is 12.1 Å². The van der Waals surface area contributed by atoms with Crippen molar-refractivity contribution >= 4 is 12.7 Å². The van der Waals surface area contributed by atoms with Gasteiger partial charge in [0.1, 0.15) is 5.66 Å². The Morgan fingerprint density at radius 2 is 1.57 bits per heavy atom. The van der Waals surface area contributed by atoms with E-state index in [0.29, 0.717) is 10.9 Å². The van der Waals surface area contributed by atoms with Gasteiger partial charge in [0.05, 0.1) is 6.10 Å². The van der Waals surface area contributed by atoms with Crippen LogP contribution in [0.25, 0.3) is 0 Å². The molecular weight excluding hydrogens is 313 g/mol. The summed E-state index contributed by atoms with van der Waals surface area (Å²) in [6, 6.07) is 17.7. The Balaban J connectivity index is 2.57. The molecule has 0 aliphatic carbocycles. The molecule has 0 bridgehead atoms. The summed E-state index contributed by atoms with van der Waals surface area (Å²) in [5.41, 5.74) is -0.166. The summed E-state index contributed by atoms with van der Waals surface area (Å²) < 4.78 is 19.5. The standard InChI is InChI=1S/C17H20NO4P/c1-14(2)22-23(21,16-11-7-4-8-12-16)17(13-18(19)20)15-9-5-3-6-10-15/h3-12,14,17H,13H2,1-2H3. The average molecular weight is 333 g/mol. The molecule has 6 heteroatoms. The fourth-order valence-corrected chi connectivity index (χ4v) is 5.24. The number of rotatable bonds is 7. The first-order valence-electron chi connectivity index (χ1n) is 7.44. The molecule has 0 spiro atoms. The van der Waals surface area contributed by atoms with Gasteiger partial charge in [0, 0.05) is 10.2 Å². The maximum absolute atomic E-state index is 13.7. The minimum atomic E-state index is -3.46. The molecule has 23 heavy (non-hydrogen) atoms. The third-order valence-electron chi connectivity index (χ3n) is 3.40. The van der Waals surface area contributed by atoms with Gasteiger partial charge in [-0.1, -0.05) is 48.5 Å². The Hall–Kier alpha value is -1.97. The highest BCUT2D eigenvalue weighted by atomic mass is 31.2. The molecule has 2 unspecified atom stereocenters. The SMILES string of the molecule is CC(C)OP(=O)(c1ccccc1)C(C[N+](=O)[O-])c1ccccc1. The molecule has 2 atom stereocenters. The van der Waals surface area contributed by atoms with Crippen molar-refractivity contribution in [1.82, 2.24) is 0 Å². The number of hydrogen-bond acceptors (Lipinski definition) is 4. The molecule has 0 aliphatic rings. The van der Waals surface area contributed by atoms with E-state index in [9.17, 15) is 14.7 Å². The lowest BCUT2D eigenvalue weighted by molar-refractivity contribution is -0.480. The van der Waals surface area contributed by atoms with E-state index in [1.54, 1.807) is 62.4 Å². The molecule has 2 aromatic carbocycles. The predicted octanol–water partition coefficient (Wildman–Crippen LogP) is 4.03. The van der Waals surface area contributed by atoms with Crippen LogP contribution in [0.1, 0.15) is 25.1 Å². The van der Waals surface area contributed by atoms with Gasteiger partial charge in [-0.3, -0.25) is 14.7 Å². The smallest absolute Gasteiger partial charge is 0.246 e. The lowest BCUT2D eigenvalue weighted by Crippen LogP contribution is -2.22. The highest BCUT2D eigenvalue weighted by molar-refractivity contribution is 7.67. The van der Waals surface area contributed by atoms with Crippen LogP contribution in [0.3, 0.4) is 0 Å². The van der Waals surface area contributed by atoms with Gasteiger partial charge in [0.25, 0.3) is 0 Å². The summed E-state index contributed by atoms with van der Waals surface area (Å²) in [7, 11) is -3.46. The van der Waals surface area contributed by atoms with Crippen LogP contribution in [0.15, 0.2) is 60.7 Å². The maximum atomic E-state index is 13.7. The van der Waals surface area contributed by atoms with Crippen LogP contribution in [0.5, 0.6) is 0 Å². The van der Waals surface area contributed by atoms with E-state index < -0.39 is 24.5 Å². The molecule has 0 heterocycles. The van der Waals surface area contributed by atoms with Gasteiger partial charge >= 0.3 is 0 Å². The summed E-state index contributed by atoms with van der Waals surface area (Å²) in [5, 5.41) is 11.7. The van der Waals surface area contributed by atoms with E-state index in [1.165, 1.54) is 0 Å². The number of hydrogen-bond donors (Lipinski definition) is 0. The van der Waals surface area contributed by atoms with Crippen LogP contribution in [0, 0.1) is 10.1 Å². The van der Waals surface area contributed by atoms with Crippen molar-refractivity contribution in [2.45, 2.75) is 25.6 Å². The molecule has 0 saturated carbocycles. The zero-order valence-corrected chi connectivity index (χ0v) is 14.1. The van der Waals surface area contributed by atoms with Gasteiger partial charge in [-0.2, -0.15) is 0 Å². The Morgan fingerprint density at radius 3 is 2.04 bits per heavy atom. The van der Waals surface area contributed by atoms with Crippen LogP contribution in [-0.2, 0) is 9.09 Å². The molecule has 122 valence electrons. The van der Waals surface area contributed by atoms with E-state index in [0.717, 1.165) is 0 Å². The number of nitrogens with zero attached hydrogens (tertiary/aromatic N) is 1. The number of nitro groups is 1. The summed E-state index contributed by atoms with van der Waals surface area (Å²) in [5.74, 6) is 0. The average Bonchev–Trinajstić information content (AvgIpc) is 2.53. The molecule has 2 rings (SSSR count). The first-order valence-corrected chi connectivity index (χ1v) is 9.13. The van der Waals surface area contributed by atoms with E-state index >= 15 is 0 Å². The van der Waals surface area contributed by atoms with Gasteiger partial charge in [0.15, 0.2) is 0 Å². The Labute approximate surface area is 135 Å². The van der Waals surface area contributed by atoms with Crippen molar-refractivity contribution < 1.29 is 14.0 Å². The number of benzene rings is 2. The third kappa shape index (κ3) is 4.27. The molecule has 0 radical (unpaired) electrons. The Morgan fingerprint density at radius 1 is 1.04 bits per heavy atom. The highest BCUT2D eigenvalue weighted by Gasteiger charge is 2.41. The summed E-state index contributed by atoms with van der Waals surface area (Å²) in [4.78, 5) is 10.7. The second-order valence-electron chi connectivity index (χ2n) is 5.53. The van der Waals surface area contributed by atoms with Gasteiger partial charge in [-0.05, 0) is 31.5 Å². The lowest BCUT2D eigenvalue weighted by Gasteiger charge is -2.27. The zero-order valence-electron chi connectivity index (χ0n) is 13.2. The predicted molar refractivity (Wildman–Crippen MR) is 90.9 cm³/mol. The highest BCUT2D eigenvalue weighted by Crippen LogP contribution is 2.59. The molecule has 0 aliphatic heterocycles. The quantitative estimate of drug-likeness (QED) is 0.436. The zero-order chi connectivity index (χ0) is 16.9. The van der Waals surface area contributed by atoms with Gasteiger partial charge in [-0.15, -0.1) is 0 Å². The van der Waals surface area contributed by atoms with Gasteiger partial charge < -0.3 is 4.52 Å². The van der Waals surface area contributed by atoms with E-state index in [4.69, 9.17) is 4.52 Å². The topological polar surface area (TPSA) is 69.4 Å². The molecule has 0 fully saturated rings. The second kappa shape index (κ2) is 7.53. The summed E-state index contributed by atoms with van der Waals surface area (Å²) in [6.45, 7) is 3.12. The van der Waals surface area contributed by atoms with E-state index in [2.05, 4.69) is 0 Å². The Bertz CT molecular complexity index is 688. The van der Waals surface area contributed by atoms with Gasteiger partial charge in [0.2, 0.25) is 13.9 Å². The Kier molecular flexibility index (Phi) is 5.69. The lowest BCUT2D eigenvalue weighted by atomic mass is 10.1. The summed E-state index contributed by atoms with van der Waals surface area (Å²) >= 11 is 0. The van der Waals surface area contributed by atoms with Crippen molar-refractivity contribution in [3.63, 3.8) is 0 Å². The molecule has 2 aromatic rings. The van der Waals surface area contributed by atoms with Crippen molar-refractivity contribution in [3.8, 4) is 0 Å². The monoisotopic (exact) mass is 333 g/mol. The summed E-state index contributed by atoms with van der Waals surface area (Å²) in [6.07, 6.45) is -0.306. The van der Waals surface area contributed by atoms with Crippen molar-refractivity contribution in [2.75, 3.05) is 6.54 Å². The third-order valence-corrected chi connectivity index (χ3v) is 6.43. The second-order valence-corrected chi connectivity index (χ2v) is 8.07. The largest absolute Gasteiger partial charge is 0.322 e. The normalized spacial score (nSPS) is 15.1. The maximum Gasteiger partial charge on any atom is 0.246 e. The van der Waals surface area contributed by atoms with Crippen LogP contribution in [0.2, 0.25) is 0 Å².